The van der Waals surface area contributed by atoms with Crippen LogP contribution in [0.25, 0.3) is 16.9 Å². The van der Waals surface area contributed by atoms with E-state index in [0.29, 0.717) is 10.8 Å². The quantitative estimate of drug-likeness (QED) is 0.217. The van der Waals surface area contributed by atoms with Gasteiger partial charge < -0.3 is 19.1 Å². The molecule has 4 aromatic rings. The molecule has 2 unspecified atom stereocenters. The van der Waals surface area contributed by atoms with Crippen molar-refractivity contribution in [1.82, 2.24) is 14.5 Å². The standard InChI is InChI=1S/C30H34ClN3O3/c1-5-6-7-29-32-28(22-8-14-27(15-9-22)37-30(21(2)35)33(3)4)20-34(29)24-12-18-26(19-13-24)36-25-16-10-23(31)11-17-25/h8-21,30,35H,5-7H2,1-4H3. The van der Waals surface area contributed by atoms with Crippen LogP contribution in [0.4, 0.5) is 0 Å². The number of hydrogen-bond acceptors (Lipinski definition) is 5. The molecule has 0 aliphatic heterocycles. The highest BCUT2D eigenvalue weighted by molar-refractivity contribution is 6.30. The summed E-state index contributed by atoms with van der Waals surface area (Å²) in [5.74, 6) is 3.21. The van der Waals surface area contributed by atoms with Gasteiger partial charge in [0.15, 0.2) is 6.23 Å². The number of benzene rings is 3. The van der Waals surface area contributed by atoms with E-state index in [9.17, 15) is 5.11 Å². The third-order valence-corrected chi connectivity index (χ3v) is 6.28. The van der Waals surface area contributed by atoms with Crippen LogP contribution in [0.15, 0.2) is 79.0 Å². The average Bonchev–Trinajstić information content (AvgIpc) is 3.32. The molecule has 0 saturated heterocycles. The van der Waals surface area contributed by atoms with Crippen LogP contribution in [0.2, 0.25) is 5.02 Å². The number of imidazole rings is 1. The normalized spacial score (nSPS) is 12.9. The highest BCUT2D eigenvalue weighted by Gasteiger charge is 2.19. The van der Waals surface area contributed by atoms with Gasteiger partial charge in [0.25, 0.3) is 0 Å². The van der Waals surface area contributed by atoms with Gasteiger partial charge in [-0.25, -0.2) is 4.98 Å². The van der Waals surface area contributed by atoms with Crippen molar-refractivity contribution in [2.75, 3.05) is 14.1 Å². The maximum Gasteiger partial charge on any atom is 0.177 e. The zero-order chi connectivity index (χ0) is 26.4. The van der Waals surface area contributed by atoms with Crippen molar-refractivity contribution < 1.29 is 14.6 Å². The Morgan fingerprint density at radius 3 is 2.08 bits per heavy atom. The number of hydrogen-bond donors (Lipinski definition) is 1. The molecule has 0 radical (unpaired) electrons. The van der Waals surface area contributed by atoms with Crippen molar-refractivity contribution >= 4 is 11.6 Å². The Morgan fingerprint density at radius 1 is 0.919 bits per heavy atom. The first kappa shape index (κ1) is 26.7. The summed E-state index contributed by atoms with van der Waals surface area (Å²) in [7, 11) is 3.76. The molecule has 7 heteroatoms. The second kappa shape index (κ2) is 12.3. The number of aliphatic hydroxyl groups is 1. The lowest BCUT2D eigenvalue weighted by Gasteiger charge is -2.27. The monoisotopic (exact) mass is 519 g/mol. The molecule has 0 amide bonds. The van der Waals surface area contributed by atoms with Gasteiger partial charge in [0.1, 0.15) is 29.2 Å². The number of rotatable bonds is 11. The van der Waals surface area contributed by atoms with E-state index in [1.165, 1.54) is 0 Å². The lowest BCUT2D eigenvalue weighted by atomic mass is 10.1. The van der Waals surface area contributed by atoms with Crippen LogP contribution < -0.4 is 9.47 Å². The van der Waals surface area contributed by atoms with Gasteiger partial charge in [-0.1, -0.05) is 24.9 Å². The molecule has 2 atom stereocenters. The molecule has 1 heterocycles. The summed E-state index contributed by atoms with van der Waals surface area (Å²) >= 11 is 5.97. The van der Waals surface area contributed by atoms with Crippen molar-refractivity contribution in [3.63, 3.8) is 0 Å². The predicted molar refractivity (Wildman–Crippen MR) is 149 cm³/mol. The minimum Gasteiger partial charge on any atom is -0.472 e. The van der Waals surface area contributed by atoms with E-state index in [-0.39, 0.29) is 0 Å². The second-order valence-corrected chi connectivity index (χ2v) is 9.74. The van der Waals surface area contributed by atoms with Crippen molar-refractivity contribution in [2.45, 2.75) is 45.4 Å². The number of ether oxygens (including phenoxy) is 2. The maximum absolute atomic E-state index is 10.00. The van der Waals surface area contributed by atoms with Crippen LogP contribution in [-0.4, -0.2) is 46.0 Å². The van der Waals surface area contributed by atoms with Gasteiger partial charge in [0.2, 0.25) is 0 Å². The Balaban J connectivity index is 1.55. The molecule has 0 aliphatic carbocycles. The molecule has 6 nitrogen and oxygen atoms in total. The van der Waals surface area contributed by atoms with Crippen molar-refractivity contribution in [2.24, 2.45) is 0 Å². The van der Waals surface area contributed by atoms with Gasteiger partial charge in [-0.15, -0.1) is 0 Å². The van der Waals surface area contributed by atoms with Crippen LogP contribution in [0.1, 0.15) is 32.5 Å². The fourth-order valence-corrected chi connectivity index (χ4v) is 4.21. The van der Waals surface area contributed by atoms with Crippen LogP contribution in [0.5, 0.6) is 17.2 Å². The third-order valence-electron chi connectivity index (χ3n) is 6.03. The van der Waals surface area contributed by atoms with E-state index in [0.717, 1.165) is 53.5 Å². The van der Waals surface area contributed by atoms with E-state index in [1.807, 2.05) is 91.8 Å². The van der Waals surface area contributed by atoms with E-state index in [1.54, 1.807) is 6.92 Å². The summed E-state index contributed by atoms with van der Waals surface area (Å²) in [6, 6.07) is 23.2. The lowest BCUT2D eigenvalue weighted by Crippen LogP contribution is -2.42. The summed E-state index contributed by atoms with van der Waals surface area (Å²) in [6.45, 7) is 3.91. The molecular weight excluding hydrogens is 486 g/mol. The van der Waals surface area contributed by atoms with Gasteiger partial charge in [-0.3, -0.25) is 4.90 Å². The molecule has 4 rings (SSSR count). The predicted octanol–water partition coefficient (Wildman–Crippen LogP) is 6.97. The first-order chi connectivity index (χ1) is 17.8. The van der Waals surface area contributed by atoms with Gasteiger partial charge in [-0.05, 0) is 100 Å². The van der Waals surface area contributed by atoms with E-state index >= 15 is 0 Å². The molecule has 0 fully saturated rings. The van der Waals surface area contributed by atoms with Crippen molar-refractivity contribution in [3.05, 3.63) is 89.8 Å². The van der Waals surface area contributed by atoms with Gasteiger partial charge >= 0.3 is 0 Å². The number of aliphatic hydroxyl groups excluding tert-OH is 1. The molecule has 194 valence electrons. The molecule has 1 N–H and O–H groups in total. The van der Waals surface area contributed by atoms with E-state index < -0.39 is 12.3 Å². The molecule has 1 aromatic heterocycles. The third kappa shape index (κ3) is 6.92. The number of nitrogens with zero attached hydrogens (tertiary/aromatic N) is 3. The van der Waals surface area contributed by atoms with Crippen LogP contribution >= 0.6 is 11.6 Å². The van der Waals surface area contributed by atoms with Crippen molar-refractivity contribution in [1.29, 1.82) is 0 Å². The van der Waals surface area contributed by atoms with Crippen molar-refractivity contribution in [3.8, 4) is 34.2 Å². The Bertz CT molecular complexity index is 1260. The number of halogens is 1. The molecule has 0 spiro atoms. The van der Waals surface area contributed by atoms with E-state index in [4.69, 9.17) is 26.1 Å². The Morgan fingerprint density at radius 2 is 1.51 bits per heavy atom. The topological polar surface area (TPSA) is 59.8 Å². The van der Waals surface area contributed by atoms with Gasteiger partial charge in [0.05, 0.1) is 5.69 Å². The number of likely N-dealkylation sites (N-methyl/N-ethyl adjacent to an activating group) is 1. The summed E-state index contributed by atoms with van der Waals surface area (Å²) in [4.78, 5) is 6.82. The summed E-state index contributed by atoms with van der Waals surface area (Å²) in [6.07, 6.45) is 4.09. The van der Waals surface area contributed by atoms with E-state index in [2.05, 4.69) is 17.7 Å². The first-order valence-corrected chi connectivity index (χ1v) is 13.0. The largest absolute Gasteiger partial charge is 0.472 e. The van der Waals surface area contributed by atoms with Crippen LogP contribution in [0.3, 0.4) is 0 Å². The average molecular weight is 520 g/mol. The minimum absolute atomic E-state index is 0.419. The number of aromatic nitrogens is 2. The Kier molecular flexibility index (Phi) is 8.87. The molecule has 0 aliphatic rings. The highest BCUT2D eigenvalue weighted by Crippen LogP contribution is 2.28. The van der Waals surface area contributed by atoms with Crippen LogP contribution in [-0.2, 0) is 6.42 Å². The van der Waals surface area contributed by atoms with Gasteiger partial charge in [0, 0.05) is 28.9 Å². The molecule has 0 saturated carbocycles. The molecular formula is C30H34ClN3O3. The maximum atomic E-state index is 10.00. The highest BCUT2D eigenvalue weighted by atomic mass is 35.5. The number of aryl methyl sites for hydroxylation is 1. The lowest BCUT2D eigenvalue weighted by molar-refractivity contribution is -0.0348. The molecule has 37 heavy (non-hydrogen) atoms. The molecule has 3 aromatic carbocycles. The Labute approximate surface area is 224 Å². The SMILES string of the molecule is CCCCc1nc(-c2ccc(OC(C(C)O)N(C)C)cc2)cn1-c1ccc(Oc2ccc(Cl)cc2)cc1. The summed E-state index contributed by atoms with van der Waals surface area (Å²) in [5, 5.41) is 10.7. The smallest absolute Gasteiger partial charge is 0.177 e. The fourth-order valence-electron chi connectivity index (χ4n) is 4.09. The zero-order valence-electron chi connectivity index (χ0n) is 21.8. The summed E-state index contributed by atoms with van der Waals surface area (Å²) in [5.41, 5.74) is 2.93. The second-order valence-electron chi connectivity index (χ2n) is 9.30. The number of unbranched alkanes of at least 4 members (excludes halogenated alkanes) is 1. The molecule has 0 bridgehead atoms. The van der Waals surface area contributed by atoms with Gasteiger partial charge in [-0.2, -0.15) is 0 Å². The fraction of sp³-hybridized carbons (Fsp3) is 0.300. The minimum atomic E-state index is -0.616. The first-order valence-electron chi connectivity index (χ1n) is 12.6. The van der Waals surface area contributed by atoms with Crippen LogP contribution in [0, 0.1) is 0 Å². The summed E-state index contributed by atoms with van der Waals surface area (Å²) < 4.78 is 14.1. The zero-order valence-corrected chi connectivity index (χ0v) is 22.5. The Hall–Kier alpha value is -3.32.